The van der Waals surface area contributed by atoms with Gasteiger partial charge >= 0.3 is 5.97 Å². The molecule has 0 spiro atoms. The Kier molecular flexibility index (Phi) is 5.30. The van der Waals surface area contributed by atoms with E-state index in [1.54, 1.807) is 0 Å². The molecule has 0 saturated heterocycles. The first-order valence-electron chi connectivity index (χ1n) is 3.17. The van der Waals surface area contributed by atoms with E-state index in [0.29, 0.717) is 0 Å². The zero-order valence-corrected chi connectivity index (χ0v) is 7.56. The van der Waals surface area contributed by atoms with Crippen molar-refractivity contribution in [3.8, 4) is 0 Å². The Morgan fingerprint density at radius 1 is 1.90 bits per heavy atom. The maximum atomic E-state index is 10.5. The lowest BCUT2D eigenvalue weighted by atomic mass is 10.4. The Balaban J connectivity index is 3.46. The second kappa shape index (κ2) is 5.47. The molecule has 0 heterocycles. The second-order valence-electron chi connectivity index (χ2n) is 1.84. The number of carbonyl (C=O) groups is 1. The molecule has 0 N–H and O–H groups in total. The number of hydrogen-bond acceptors (Lipinski definition) is 2. The zero-order chi connectivity index (χ0) is 7.98. The fourth-order valence-electron chi connectivity index (χ4n) is 0.460. The van der Waals surface area contributed by atoms with Crippen molar-refractivity contribution in [2.24, 2.45) is 0 Å². The fourth-order valence-corrected chi connectivity index (χ4v) is 1.10. The van der Waals surface area contributed by atoms with E-state index in [-0.39, 0.29) is 11.0 Å². The van der Waals surface area contributed by atoms with Crippen molar-refractivity contribution in [1.29, 1.82) is 0 Å². The first kappa shape index (κ1) is 9.69. The van der Waals surface area contributed by atoms with Gasteiger partial charge < -0.3 is 4.74 Å². The molecule has 0 fully saturated rings. The maximum Gasteiger partial charge on any atom is 0.331 e. The van der Waals surface area contributed by atoms with Gasteiger partial charge in [-0.3, -0.25) is 0 Å². The molecule has 58 valence electrons. The molecular weight excluding hydrogens is 196 g/mol. The van der Waals surface area contributed by atoms with E-state index in [9.17, 15) is 4.79 Å². The highest BCUT2D eigenvalue weighted by Gasteiger charge is 2.05. The van der Waals surface area contributed by atoms with Gasteiger partial charge in [0.2, 0.25) is 0 Å². The Labute approximate surface area is 69.4 Å². The molecule has 0 aliphatic carbocycles. The predicted octanol–water partition coefficient (Wildman–Crippen LogP) is 2.24. The van der Waals surface area contributed by atoms with Crippen LogP contribution in [0.2, 0.25) is 0 Å². The first-order valence-corrected chi connectivity index (χ1v) is 4.09. The van der Waals surface area contributed by atoms with Crippen LogP contribution in [0.3, 0.4) is 0 Å². The van der Waals surface area contributed by atoms with Crippen molar-refractivity contribution >= 4 is 21.9 Å². The summed E-state index contributed by atoms with van der Waals surface area (Å²) in [6, 6.07) is 0. The van der Waals surface area contributed by atoms with Crippen molar-refractivity contribution < 1.29 is 9.53 Å². The van der Waals surface area contributed by atoms with Gasteiger partial charge in [-0.2, -0.15) is 0 Å². The lowest BCUT2D eigenvalue weighted by Crippen LogP contribution is -2.08. The Hall–Kier alpha value is -0.310. The number of ether oxygens (including phenoxy) is 1. The van der Waals surface area contributed by atoms with Crippen LogP contribution in [-0.2, 0) is 9.53 Å². The van der Waals surface area contributed by atoms with Gasteiger partial charge in [-0.05, 0) is 22.4 Å². The molecule has 0 saturated carbocycles. The molecule has 0 bridgehead atoms. The molecule has 2 nitrogen and oxygen atoms in total. The van der Waals surface area contributed by atoms with Gasteiger partial charge in [0.05, 0.1) is 0 Å². The lowest BCUT2D eigenvalue weighted by molar-refractivity contribution is -0.139. The minimum atomic E-state index is -0.379. The standard InChI is InChI=1S/C7H11BrO2/c1-3-5-6(8)10-7(9)4-2/h4,6H,2-3,5H2,1H3. The summed E-state index contributed by atoms with van der Waals surface area (Å²) in [6.45, 7) is 5.30. The zero-order valence-electron chi connectivity index (χ0n) is 5.97. The molecule has 0 aliphatic rings. The van der Waals surface area contributed by atoms with E-state index in [1.807, 2.05) is 6.92 Å². The Bertz CT molecular complexity index is 123. The van der Waals surface area contributed by atoms with E-state index in [1.165, 1.54) is 0 Å². The normalized spacial score (nSPS) is 12.2. The van der Waals surface area contributed by atoms with Crippen molar-refractivity contribution in [2.45, 2.75) is 24.8 Å². The number of halogens is 1. The molecule has 0 aromatic rings. The number of rotatable bonds is 4. The summed E-state index contributed by atoms with van der Waals surface area (Å²) in [7, 11) is 0. The summed E-state index contributed by atoms with van der Waals surface area (Å²) < 4.78 is 4.80. The third-order valence-electron chi connectivity index (χ3n) is 0.926. The summed E-state index contributed by atoms with van der Waals surface area (Å²) in [5, 5.41) is -0.164. The molecule has 0 aliphatic heterocycles. The molecule has 0 aromatic carbocycles. The highest BCUT2D eigenvalue weighted by Crippen LogP contribution is 2.09. The van der Waals surface area contributed by atoms with E-state index in [4.69, 9.17) is 4.74 Å². The van der Waals surface area contributed by atoms with Crippen molar-refractivity contribution in [3.05, 3.63) is 12.7 Å². The third-order valence-corrected chi connectivity index (χ3v) is 1.57. The highest BCUT2D eigenvalue weighted by atomic mass is 79.9. The fraction of sp³-hybridized carbons (Fsp3) is 0.571. The average Bonchev–Trinajstić information content (AvgIpc) is 1.88. The smallest absolute Gasteiger partial charge is 0.331 e. The van der Waals surface area contributed by atoms with Crippen LogP contribution in [0, 0.1) is 0 Å². The Morgan fingerprint density at radius 2 is 2.50 bits per heavy atom. The van der Waals surface area contributed by atoms with E-state index in [0.717, 1.165) is 18.9 Å². The largest absolute Gasteiger partial charge is 0.448 e. The van der Waals surface area contributed by atoms with E-state index >= 15 is 0 Å². The van der Waals surface area contributed by atoms with Gasteiger partial charge in [0.25, 0.3) is 0 Å². The highest BCUT2D eigenvalue weighted by molar-refractivity contribution is 9.09. The van der Waals surface area contributed by atoms with Crippen LogP contribution >= 0.6 is 15.9 Å². The second-order valence-corrected chi connectivity index (χ2v) is 2.86. The minimum absolute atomic E-state index is 0.164. The van der Waals surface area contributed by atoms with Crippen LogP contribution < -0.4 is 0 Å². The number of hydrogen-bond donors (Lipinski definition) is 0. The van der Waals surface area contributed by atoms with Gasteiger partial charge in [-0.15, -0.1) is 0 Å². The average molecular weight is 207 g/mol. The van der Waals surface area contributed by atoms with Crippen LogP contribution in [0.4, 0.5) is 0 Å². The molecule has 0 rings (SSSR count). The number of alkyl halides is 1. The van der Waals surface area contributed by atoms with Crippen LogP contribution in [-0.4, -0.2) is 11.0 Å². The third kappa shape index (κ3) is 4.56. The lowest BCUT2D eigenvalue weighted by Gasteiger charge is -2.07. The first-order chi connectivity index (χ1) is 4.70. The van der Waals surface area contributed by atoms with Gasteiger partial charge in [0.1, 0.15) is 0 Å². The minimum Gasteiger partial charge on any atom is -0.448 e. The summed E-state index contributed by atoms with van der Waals surface area (Å²) in [4.78, 5) is 10.5. The molecular formula is C7H11BrO2. The van der Waals surface area contributed by atoms with E-state index < -0.39 is 0 Å². The molecule has 0 radical (unpaired) electrons. The molecule has 3 heteroatoms. The summed E-state index contributed by atoms with van der Waals surface area (Å²) in [5.74, 6) is -0.379. The molecule has 0 amide bonds. The number of carbonyl (C=O) groups excluding carboxylic acids is 1. The van der Waals surface area contributed by atoms with Crippen molar-refractivity contribution in [2.75, 3.05) is 0 Å². The van der Waals surface area contributed by atoms with Crippen LogP contribution in [0.25, 0.3) is 0 Å². The molecule has 1 atom stereocenters. The SMILES string of the molecule is C=CC(=O)OC(Br)CCC. The monoisotopic (exact) mass is 206 g/mol. The quantitative estimate of drug-likeness (QED) is 0.401. The van der Waals surface area contributed by atoms with Gasteiger partial charge in [-0.1, -0.05) is 19.9 Å². The number of esters is 1. The maximum absolute atomic E-state index is 10.5. The summed E-state index contributed by atoms with van der Waals surface area (Å²) in [6.07, 6.45) is 2.98. The van der Waals surface area contributed by atoms with Gasteiger partial charge in [0.15, 0.2) is 5.01 Å². The van der Waals surface area contributed by atoms with Crippen LogP contribution in [0.1, 0.15) is 19.8 Å². The van der Waals surface area contributed by atoms with Crippen molar-refractivity contribution in [1.82, 2.24) is 0 Å². The van der Waals surface area contributed by atoms with Crippen LogP contribution in [0.15, 0.2) is 12.7 Å². The van der Waals surface area contributed by atoms with Gasteiger partial charge in [-0.25, -0.2) is 4.79 Å². The van der Waals surface area contributed by atoms with Crippen LogP contribution in [0.5, 0.6) is 0 Å². The molecule has 1 unspecified atom stereocenters. The van der Waals surface area contributed by atoms with Crippen molar-refractivity contribution in [3.63, 3.8) is 0 Å². The van der Waals surface area contributed by atoms with E-state index in [2.05, 4.69) is 22.5 Å². The molecule has 0 aromatic heterocycles. The van der Waals surface area contributed by atoms with Gasteiger partial charge in [0, 0.05) is 6.08 Å². The topological polar surface area (TPSA) is 26.3 Å². The molecule has 10 heavy (non-hydrogen) atoms. The Morgan fingerprint density at radius 3 is 2.90 bits per heavy atom. The summed E-state index contributed by atoms with van der Waals surface area (Å²) >= 11 is 3.19. The summed E-state index contributed by atoms with van der Waals surface area (Å²) in [5.41, 5.74) is 0. The predicted molar refractivity (Wildman–Crippen MR) is 43.9 cm³/mol.